The molecule has 21 heavy (non-hydrogen) atoms. The molecule has 116 valence electrons. The highest BCUT2D eigenvalue weighted by atomic mass is 35.5. The molecule has 1 saturated heterocycles. The first-order chi connectivity index (χ1) is 9.91. The summed E-state index contributed by atoms with van der Waals surface area (Å²) < 4.78 is 31.2. The molecule has 0 atom stereocenters. The molecule has 6 nitrogen and oxygen atoms in total. The molecule has 1 aliphatic heterocycles. The van der Waals surface area contributed by atoms with E-state index in [0.29, 0.717) is 32.0 Å². The van der Waals surface area contributed by atoms with Gasteiger partial charge in [0.05, 0.1) is 18.1 Å². The molecule has 1 aromatic rings. The van der Waals surface area contributed by atoms with Gasteiger partial charge in [-0.2, -0.15) is 4.31 Å². The lowest BCUT2D eigenvalue weighted by molar-refractivity contribution is -0.114. The van der Waals surface area contributed by atoms with Gasteiger partial charge in [0.1, 0.15) is 0 Å². The largest absolute Gasteiger partial charge is 0.379 e. The van der Waals surface area contributed by atoms with Crippen LogP contribution in [0.15, 0.2) is 29.2 Å². The average molecular weight is 353 g/mol. The molecule has 0 saturated carbocycles. The number of hydrogen-bond donors (Lipinski definition) is 1. The standard InChI is InChI=1S/C12H14Cl2N2O4S/c13-11(14)12(17)15-9-1-3-10(4-2-9)21(18,19)16-5-7-20-8-6-16/h1-4,11H,5-8H2,(H,15,17). The Balaban J connectivity index is 2.12. The van der Waals surface area contributed by atoms with Gasteiger partial charge in [-0.05, 0) is 24.3 Å². The van der Waals surface area contributed by atoms with Gasteiger partial charge in [0.25, 0.3) is 5.91 Å². The molecule has 1 aliphatic rings. The van der Waals surface area contributed by atoms with Gasteiger partial charge in [0.2, 0.25) is 10.0 Å². The van der Waals surface area contributed by atoms with E-state index in [2.05, 4.69) is 5.32 Å². The molecule has 0 unspecified atom stereocenters. The van der Waals surface area contributed by atoms with Crippen molar-refractivity contribution >= 4 is 44.8 Å². The zero-order valence-electron chi connectivity index (χ0n) is 11.0. The Kier molecular flexibility index (Phi) is 5.45. The van der Waals surface area contributed by atoms with Gasteiger partial charge in [0, 0.05) is 18.8 Å². The Morgan fingerprint density at radius 2 is 1.76 bits per heavy atom. The highest BCUT2D eigenvalue weighted by molar-refractivity contribution is 7.89. The van der Waals surface area contributed by atoms with E-state index in [1.807, 2.05) is 0 Å². The summed E-state index contributed by atoms with van der Waals surface area (Å²) in [5.41, 5.74) is 0.423. The average Bonchev–Trinajstić information content (AvgIpc) is 2.48. The maximum absolute atomic E-state index is 12.4. The number of anilines is 1. The number of sulfonamides is 1. The molecule has 0 spiro atoms. The second-order valence-electron chi connectivity index (χ2n) is 4.33. The third-order valence-corrected chi connectivity index (χ3v) is 5.24. The first kappa shape index (κ1) is 16.5. The van der Waals surface area contributed by atoms with Crippen molar-refractivity contribution in [3.63, 3.8) is 0 Å². The molecule has 1 N–H and O–H groups in total. The van der Waals surface area contributed by atoms with Crippen LogP contribution in [-0.4, -0.2) is 49.8 Å². The van der Waals surface area contributed by atoms with Crippen molar-refractivity contribution in [3.8, 4) is 0 Å². The molecule has 2 rings (SSSR count). The summed E-state index contributed by atoms with van der Waals surface area (Å²) >= 11 is 10.8. The molecule has 9 heteroatoms. The summed E-state index contributed by atoms with van der Waals surface area (Å²) in [6.07, 6.45) is 0. The molecule has 1 amide bonds. The second kappa shape index (κ2) is 6.93. The van der Waals surface area contributed by atoms with Crippen LogP contribution in [0.4, 0.5) is 5.69 Å². The third-order valence-electron chi connectivity index (χ3n) is 2.93. The number of alkyl halides is 2. The summed E-state index contributed by atoms with van der Waals surface area (Å²) in [6.45, 7) is 1.45. The molecule has 1 heterocycles. The molecule has 0 bridgehead atoms. The zero-order chi connectivity index (χ0) is 15.5. The van der Waals surface area contributed by atoms with Gasteiger partial charge in [-0.1, -0.05) is 23.2 Å². The summed E-state index contributed by atoms with van der Waals surface area (Å²) in [7, 11) is -3.54. The van der Waals surface area contributed by atoms with Crippen LogP contribution in [0.3, 0.4) is 0 Å². The number of benzene rings is 1. The summed E-state index contributed by atoms with van der Waals surface area (Å²) in [5.74, 6) is -0.567. The SMILES string of the molecule is O=C(Nc1ccc(S(=O)(=O)N2CCOCC2)cc1)C(Cl)Cl. The summed E-state index contributed by atoms with van der Waals surface area (Å²) in [6, 6.07) is 5.83. The number of hydrogen-bond acceptors (Lipinski definition) is 4. The fraction of sp³-hybridized carbons (Fsp3) is 0.417. The summed E-state index contributed by atoms with van der Waals surface area (Å²) in [4.78, 5) is 10.3. The first-order valence-corrected chi connectivity index (χ1v) is 8.49. The van der Waals surface area contributed by atoms with Crippen molar-refractivity contribution in [2.75, 3.05) is 31.6 Å². The first-order valence-electron chi connectivity index (χ1n) is 6.18. The molecule has 1 aromatic carbocycles. The molecule has 0 aliphatic carbocycles. The van der Waals surface area contributed by atoms with Gasteiger partial charge < -0.3 is 10.1 Å². The van der Waals surface area contributed by atoms with Crippen LogP contribution in [0.5, 0.6) is 0 Å². The number of amides is 1. The van der Waals surface area contributed by atoms with E-state index in [4.69, 9.17) is 27.9 Å². The van der Waals surface area contributed by atoms with Gasteiger partial charge in [-0.3, -0.25) is 4.79 Å². The number of morpholine rings is 1. The van der Waals surface area contributed by atoms with E-state index < -0.39 is 20.8 Å². The van der Waals surface area contributed by atoms with E-state index >= 15 is 0 Å². The number of halogens is 2. The van der Waals surface area contributed by atoms with Crippen LogP contribution in [0.25, 0.3) is 0 Å². The number of carbonyl (C=O) groups excluding carboxylic acids is 1. The second-order valence-corrected chi connectivity index (χ2v) is 7.36. The Hall–Kier alpha value is -0.860. The fourth-order valence-corrected chi connectivity index (χ4v) is 3.36. The van der Waals surface area contributed by atoms with Crippen LogP contribution < -0.4 is 5.32 Å². The van der Waals surface area contributed by atoms with Crippen molar-refractivity contribution in [1.29, 1.82) is 0 Å². The molecule has 1 fully saturated rings. The lowest BCUT2D eigenvalue weighted by Gasteiger charge is -2.26. The quantitative estimate of drug-likeness (QED) is 0.832. The maximum atomic E-state index is 12.4. The predicted octanol–water partition coefficient (Wildman–Crippen LogP) is 1.45. The zero-order valence-corrected chi connectivity index (χ0v) is 13.3. The third kappa shape index (κ3) is 4.08. The summed E-state index contributed by atoms with van der Waals surface area (Å²) in [5, 5.41) is 2.47. The maximum Gasteiger partial charge on any atom is 0.257 e. The Morgan fingerprint density at radius 1 is 1.19 bits per heavy atom. The van der Waals surface area contributed by atoms with Crippen LogP contribution in [-0.2, 0) is 19.6 Å². The van der Waals surface area contributed by atoms with Gasteiger partial charge in [0.15, 0.2) is 4.84 Å². The minimum atomic E-state index is -3.54. The lowest BCUT2D eigenvalue weighted by Crippen LogP contribution is -2.40. The smallest absolute Gasteiger partial charge is 0.257 e. The molecular weight excluding hydrogens is 339 g/mol. The topological polar surface area (TPSA) is 75.7 Å². The molecule has 0 radical (unpaired) electrons. The van der Waals surface area contributed by atoms with E-state index in [-0.39, 0.29) is 4.90 Å². The van der Waals surface area contributed by atoms with Crippen molar-refractivity contribution in [3.05, 3.63) is 24.3 Å². The van der Waals surface area contributed by atoms with Crippen LogP contribution in [0, 0.1) is 0 Å². The molecular formula is C12H14Cl2N2O4S. The van der Waals surface area contributed by atoms with Crippen molar-refractivity contribution in [2.45, 2.75) is 9.73 Å². The van der Waals surface area contributed by atoms with Crippen molar-refractivity contribution in [2.24, 2.45) is 0 Å². The Labute approximate surface area is 133 Å². The highest BCUT2D eigenvalue weighted by Crippen LogP contribution is 2.20. The van der Waals surface area contributed by atoms with Crippen LogP contribution >= 0.6 is 23.2 Å². The predicted molar refractivity (Wildman–Crippen MR) is 80.1 cm³/mol. The van der Waals surface area contributed by atoms with Crippen molar-refractivity contribution in [1.82, 2.24) is 4.31 Å². The minimum Gasteiger partial charge on any atom is -0.379 e. The van der Waals surface area contributed by atoms with E-state index in [0.717, 1.165) is 0 Å². The van der Waals surface area contributed by atoms with Crippen LogP contribution in [0.2, 0.25) is 0 Å². The van der Waals surface area contributed by atoms with Gasteiger partial charge in [-0.25, -0.2) is 8.42 Å². The lowest BCUT2D eigenvalue weighted by atomic mass is 10.3. The normalized spacial score (nSPS) is 16.9. The Bertz CT molecular complexity index is 598. The molecule has 0 aromatic heterocycles. The number of nitrogens with one attached hydrogen (secondary N) is 1. The number of carbonyl (C=O) groups is 1. The van der Waals surface area contributed by atoms with Gasteiger partial charge in [-0.15, -0.1) is 0 Å². The van der Waals surface area contributed by atoms with E-state index in [1.165, 1.54) is 28.6 Å². The van der Waals surface area contributed by atoms with Crippen molar-refractivity contribution < 1.29 is 17.9 Å². The minimum absolute atomic E-state index is 0.163. The number of rotatable bonds is 4. The van der Waals surface area contributed by atoms with E-state index in [9.17, 15) is 13.2 Å². The Morgan fingerprint density at radius 3 is 2.29 bits per heavy atom. The number of nitrogens with zero attached hydrogens (tertiary/aromatic N) is 1. The fourth-order valence-electron chi connectivity index (χ4n) is 1.84. The monoisotopic (exact) mass is 352 g/mol. The van der Waals surface area contributed by atoms with Gasteiger partial charge >= 0.3 is 0 Å². The number of ether oxygens (including phenoxy) is 1. The van der Waals surface area contributed by atoms with E-state index in [1.54, 1.807) is 0 Å². The highest BCUT2D eigenvalue weighted by Gasteiger charge is 2.26. The van der Waals surface area contributed by atoms with Crippen LogP contribution in [0.1, 0.15) is 0 Å².